The highest BCUT2D eigenvalue weighted by Crippen LogP contribution is 2.17. The number of rotatable bonds is 6. The van der Waals surface area contributed by atoms with E-state index in [0.717, 1.165) is 12.0 Å². The second-order valence-electron chi connectivity index (χ2n) is 6.34. The van der Waals surface area contributed by atoms with E-state index < -0.39 is 19.1 Å². The average Bonchev–Trinajstić information content (AvgIpc) is 2.92. The van der Waals surface area contributed by atoms with Crippen LogP contribution in [0.3, 0.4) is 0 Å². The van der Waals surface area contributed by atoms with E-state index >= 15 is 0 Å². The largest absolute Gasteiger partial charge is 0.492 e. The first-order valence-electron chi connectivity index (χ1n) is 8.26. The van der Waals surface area contributed by atoms with Crippen molar-refractivity contribution in [1.82, 2.24) is 5.32 Å². The topological polar surface area (TPSA) is 84.9 Å². The zero-order valence-electron chi connectivity index (χ0n) is 14.6. The summed E-state index contributed by atoms with van der Waals surface area (Å²) in [6.07, 6.45) is 0.728. The van der Waals surface area contributed by atoms with Crippen molar-refractivity contribution in [2.45, 2.75) is 46.8 Å². The average molecular weight is 333 g/mol. The predicted molar refractivity (Wildman–Crippen MR) is 90.9 cm³/mol. The van der Waals surface area contributed by atoms with Gasteiger partial charge in [0.15, 0.2) is 0 Å². The molecule has 0 bridgehead atoms. The van der Waals surface area contributed by atoms with Crippen LogP contribution < -0.4 is 10.8 Å². The van der Waals surface area contributed by atoms with Crippen molar-refractivity contribution in [2.24, 2.45) is 5.92 Å². The maximum atomic E-state index is 12.6. The number of hydrogen-bond donors (Lipinski definition) is 2. The molecule has 6 nitrogen and oxygen atoms in total. The molecule has 1 atom stereocenters. The summed E-state index contributed by atoms with van der Waals surface area (Å²) in [5, 5.41) is 12.6. The van der Waals surface area contributed by atoms with Crippen LogP contribution in [0.15, 0.2) is 12.1 Å². The third-order valence-electron chi connectivity index (χ3n) is 4.15. The maximum Gasteiger partial charge on any atom is 0.492 e. The fourth-order valence-electron chi connectivity index (χ4n) is 2.76. The number of nitrogens with one attached hydrogen (secondary N) is 1. The fraction of sp³-hybridized carbons (Fsp3) is 0.529. The number of benzene rings is 1. The molecule has 0 saturated heterocycles. The Kier molecular flexibility index (Phi) is 6.02. The lowest BCUT2D eigenvalue weighted by molar-refractivity contribution is -0.147. The summed E-state index contributed by atoms with van der Waals surface area (Å²) in [5.41, 5.74) is 2.60. The lowest BCUT2D eigenvalue weighted by atomic mass is 9.75. The van der Waals surface area contributed by atoms with Crippen molar-refractivity contribution in [1.29, 1.82) is 0 Å². The Morgan fingerprint density at radius 1 is 1.42 bits per heavy atom. The van der Waals surface area contributed by atoms with Gasteiger partial charge in [-0.3, -0.25) is 4.79 Å². The summed E-state index contributed by atoms with van der Waals surface area (Å²) >= 11 is 0. The van der Waals surface area contributed by atoms with Crippen LogP contribution >= 0.6 is 0 Å². The molecule has 130 valence electrons. The van der Waals surface area contributed by atoms with Gasteiger partial charge in [-0.2, -0.15) is 0 Å². The molecule has 7 heteroatoms. The molecule has 1 aliphatic heterocycles. The van der Waals surface area contributed by atoms with E-state index in [2.05, 4.69) is 5.32 Å². The second kappa shape index (κ2) is 7.81. The van der Waals surface area contributed by atoms with Crippen LogP contribution in [0.2, 0.25) is 0 Å². The van der Waals surface area contributed by atoms with Gasteiger partial charge in [0.2, 0.25) is 0 Å². The lowest BCUT2D eigenvalue weighted by Crippen LogP contribution is -2.46. The molecule has 0 aliphatic carbocycles. The van der Waals surface area contributed by atoms with Gasteiger partial charge in [0.1, 0.15) is 6.04 Å². The van der Waals surface area contributed by atoms with Crippen molar-refractivity contribution in [2.75, 3.05) is 6.61 Å². The SMILES string of the molecule is CCCOC(=O)[C@@H](NC(=O)c1ccc2c(c1C)B(O)OC2)C(C)C. The summed E-state index contributed by atoms with van der Waals surface area (Å²) in [6, 6.07) is 2.75. The van der Waals surface area contributed by atoms with Crippen molar-refractivity contribution in [3.8, 4) is 0 Å². The van der Waals surface area contributed by atoms with E-state index in [1.54, 1.807) is 19.1 Å². The Hall–Kier alpha value is -1.86. The normalized spacial score (nSPS) is 14.5. The van der Waals surface area contributed by atoms with E-state index in [1.807, 2.05) is 20.8 Å². The minimum Gasteiger partial charge on any atom is -0.464 e. The molecule has 1 amide bonds. The van der Waals surface area contributed by atoms with Crippen molar-refractivity contribution < 1.29 is 24.0 Å². The summed E-state index contributed by atoms with van der Waals surface area (Å²) in [5.74, 6) is -0.883. The summed E-state index contributed by atoms with van der Waals surface area (Å²) in [7, 11) is -1.01. The predicted octanol–water partition coefficient (Wildman–Crippen LogP) is 0.920. The maximum absolute atomic E-state index is 12.6. The van der Waals surface area contributed by atoms with Gasteiger partial charge in [0, 0.05) is 5.56 Å². The summed E-state index contributed by atoms with van der Waals surface area (Å²) in [6.45, 7) is 8.05. The number of hydrogen-bond acceptors (Lipinski definition) is 5. The van der Waals surface area contributed by atoms with E-state index in [4.69, 9.17) is 9.39 Å². The zero-order chi connectivity index (χ0) is 17.9. The van der Waals surface area contributed by atoms with Gasteiger partial charge in [0.25, 0.3) is 5.91 Å². The van der Waals surface area contributed by atoms with Crippen molar-refractivity contribution in [3.05, 3.63) is 28.8 Å². The van der Waals surface area contributed by atoms with Gasteiger partial charge in [-0.1, -0.05) is 26.8 Å². The van der Waals surface area contributed by atoms with Gasteiger partial charge in [-0.05, 0) is 41.9 Å². The van der Waals surface area contributed by atoms with Gasteiger partial charge >= 0.3 is 13.1 Å². The monoisotopic (exact) mass is 333 g/mol. The zero-order valence-corrected chi connectivity index (χ0v) is 14.6. The smallest absolute Gasteiger partial charge is 0.464 e. The Morgan fingerprint density at radius 3 is 2.75 bits per heavy atom. The minimum atomic E-state index is -1.01. The van der Waals surface area contributed by atoms with Crippen molar-refractivity contribution >= 4 is 24.5 Å². The molecule has 0 aromatic heterocycles. The molecule has 0 radical (unpaired) electrons. The van der Waals surface area contributed by atoms with Gasteiger partial charge in [-0.15, -0.1) is 0 Å². The Balaban J connectivity index is 2.19. The molecule has 2 rings (SSSR count). The molecule has 0 spiro atoms. The third-order valence-corrected chi connectivity index (χ3v) is 4.15. The van der Waals surface area contributed by atoms with E-state index in [-0.39, 0.29) is 11.8 Å². The van der Waals surface area contributed by atoms with Crippen LogP contribution in [0.25, 0.3) is 0 Å². The first-order chi connectivity index (χ1) is 11.4. The molecule has 1 aliphatic rings. The molecular weight excluding hydrogens is 309 g/mol. The van der Waals surface area contributed by atoms with Gasteiger partial charge < -0.3 is 19.7 Å². The van der Waals surface area contributed by atoms with Crippen LogP contribution in [-0.4, -0.2) is 36.7 Å². The lowest BCUT2D eigenvalue weighted by Gasteiger charge is -2.21. The van der Waals surface area contributed by atoms with Crippen LogP contribution in [0.5, 0.6) is 0 Å². The molecule has 1 aromatic carbocycles. The highest BCUT2D eigenvalue weighted by molar-refractivity contribution is 6.62. The number of ether oxygens (including phenoxy) is 1. The molecule has 2 N–H and O–H groups in total. The fourth-order valence-corrected chi connectivity index (χ4v) is 2.76. The summed E-state index contributed by atoms with van der Waals surface area (Å²) < 4.78 is 10.3. The Morgan fingerprint density at radius 2 is 2.12 bits per heavy atom. The standard InChI is InChI=1S/C17H24BNO5/c1-5-8-23-17(21)15(10(2)3)19-16(20)13-7-6-12-9-24-18(22)14(12)11(13)4/h6-7,10,15,22H,5,8-9H2,1-4H3,(H,19,20)/t15-/m0/s1. The molecule has 0 unspecified atom stereocenters. The van der Waals surface area contributed by atoms with Crippen LogP contribution in [0.4, 0.5) is 0 Å². The summed E-state index contributed by atoms with van der Waals surface area (Å²) in [4.78, 5) is 24.8. The highest BCUT2D eigenvalue weighted by atomic mass is 16.5. The van der Waals surface area contributed by atoms with Gasteiger partial charge in [0.05, 0.1) is 13.2 Å². The molecule has 24 heavy (non-hydrogen) atoms. The first-order valence-corrected chi connectivity index (χ1v) is 8.26. The molecular formula is C17H24BNO5. The van der Waals surface area contributed by atoms with Gasteiger partial charge in [-0.25, -0.2) is 4.79 Å². The molecule has 1 aromatic rings. The molecule has 0 fully saturated rings. The quantitative estimate of drug-likeness (QED) is 0.597. The Labute approximate surface area is 142 Å². The number of amides is 1. The number of esters is 1. The number of carbonyl (C=O) groups is 2. The van der Waals surface area contributed by atoms with Crippen LogP contribution in [0, 0.1) is 12.8 Å². The Bertz CT molecular complexity index is 632. The highest BCUT2D eigenvalue weighted by Gasteiger charge is 2.32. The van der Waals surface area contributed by atoms with Crippen LogP contribution in [0.1, 0.15) is 48.7 Å². The van der Waals surface area contributed by atoms with E-state index in [9.17, 15) is 14.6 Å². The van der Waals surface area contributed by atoms with E-state index in [0.29, 0.717) is 29.8 Å². The second-order valence-corrected chi connectivity index (χ2v) is 6.34. The molecule has 1 heterocycles. The number of fused-ring (bicyclic) bond motifs is 1. The van der Waals surface area contributed by atoms with Crippen molar-refractivity contribution in [3.63, 3.8) is 0 Å². The third kappa shape index (κ3) is 3.79. The first kappa shape index (κ1) is 18.5. The molecule has 0 saturated carbocycles. The number of carbonyl (C=O) groups excluding carboxylic acids is 2. The minimum absolute atomic E-state index is 0.0954. The van der Waals surface area contributed by atoms with E-state index in [1.165, 1.54) is 0 Å². The van der Waals surface area contributed by atoms with Crippen LogP contribution in [-0.2, 0) is 20.8 Å².